The number of aromatic amines is 1. The van der Waals surface area contributed by atoms with Crippen molar-refractivity contribution in [1.82, 2.24) is 4.98 Å². The van der Waals surface area contributed by atoms with Crippen LogP contribution in [0.5, 0.6) is 5.75 Å². The van der Waals surface area contributed by atoms with Gasteiger partial charge in [-0.2, -0.15) is 0 Å². The SMILES string of the molecule is COc1cccc(NC(=O)CCc2cccc3[nH]ccc23)c1. The number of carbonyl (C=O) groups is 1. The molecule has 4 heteroatoms. The van der Waals surface area contributed by atoms with E-state index >= 15 is 0 Å². The second-order valence-corrected chi connectivity index (χ2v) is 5.14. The first-order chi connectivity index (χ1) is 10.8. The zero-order chi connectivity index (χ0) is 15.4. The van der Waals surface area contributed by atoms with Gasteiger partial charge in [0, 0.05) is 35.3 Å². The molecule has 2 aromatic carbocycles. The molecule has 1 aromatic heterocycles. The second kappa shape index (κ2) is 6.35. The van der Waals surface area contributed by atoms with Crippen LogP contribution in [0.25, 0.3) is 10.9 Å². The van der Waals surface area contributed by atoms with E-state index in [1.807, 2.05) is 48.7 Å². The van der Waals surface area contributed by atoms with Crippen molar-refractivity contribution in [2.45, 2.75) is 12.8 Å². The Morgan fingerprint density at radius 2 is 2.05 bits per heavy atom. The van der Waals surface area contributed by atoms with Crippen molar-refractivity contribution in [3.63, 3.8) is 0 Å². The van der Waals surface area contributed by atoms with Crippen LogP contribution in [-0.2, 0) is 11.2 Å². The molecule has 0 spiro atoms. The summed E-state index contributed by atoms with van der Waals surface area (Å²) in [6, 6.07) is 15.5. The minimum absolute atomic E-state index is 0.000733. The van der Waals surface area contributed by atoms with Crippen LogP contribution in [0.15, 0.2) is 54.7 Å². The number of hydrogen-bond donors (Lipinski definition) is 2. The average molecular weight is 294 g/mol. The number of rotatable bonds is 5. The van der Waals surface area contributed by atoms with E-state index in [1.54, 1.807) is 7.11 Å². The van der Waals surface area contributed by atoms with E-state index in [2.05, 4.69) is 16.4 Å². The topological polar surface area (TPSA) is 54.1 Å². The van der Waals surface area contributed by atoms with Crippen molar-refractivity contribution in [1.29, 1.82) is 0 Å². The molecular formula is C18H18N2O2. The molecule has 1 amide bonds. The third-order valence-electron chi connectivity index (χ3n) is 3.66. The van der Waals surface area contributed by atoms with E-state index in [0.717, 1.165) is 17.0 Å². The third-order valence-corrected chi connectivity index (χ3v) is 3.66. The van der Waals surface area contributed by atoms with Crippen molar-refractivity contribution < 1.29 is 9.53 Å². The predicted molar refractivity (Wildman–Crippen MR) is 88.2 cm³/mol. The van der Waals surface area contributed by atoms with Gasteiger partial charge in [0.15, 0.2) is 0 Å². The third kappa shape index (κ3) is 3.11. The Hall–Kier alpha value is -2.75. The molecule has 0 aliphatic heterocycles. The quantitative estimate of drug-likeness (QED) is 0.753. The summed E-state index contributed by atoms with van der Waals surface area (Å²) in [5.41, 5.74) is 3.04. The van der Waals surface area contributed by atoms with Gasteiger partial charge in [0.25, 0.3) is 0 Å². The summed E-state index contributed by atoms with van der Waals surface area (Å²) in [7, 11) is 1.61. The number of H-pyrrole nitrogens is 1. The molecule has 1 heterocycles. The average Bonchev–Trinajstić information content (AvgIpc) is 3.02. The maximum absolute atomic E-state index is 12.1. The zero-order valence-corrected chi connectivity index (χ0v) is 12.4. The van der Waals surface area contributed by atoms with Gasteiger partial charge in [-0.1, -0.05) is 18.2 Å². The van der Waals surface area contributed by atoms with E-state index in [4.69, 9.17) is 4.74 Å². The number of aromatic nitrogens is 1. The van der Waals surface area contributed by atoms with E-state index in [-0.39, 0.29) is 5.91 Å². The van der Waals surface area contributed by atoms with E-state index < -0.39 is 0 Å². The molecule has 2 N–H and O–H groups in total. The lowest BCUT2D eigenvalue weighted by Gasteiger charge is -2.07. The lowest BCUT2D eigenvalue weighted by atomic mass is 10.1. The Labute approximate surface area is 129 Å². The lowest BCUT2D eigenvalue weighted by Crippen LogP contribution is -2.12. The van der Waals surface area contributed by atoms with Gasteiger partial charge in [-0.05, 0) is 36.2 Å². The van der Waals surface area contributed by atoms with E-state index in [1.165, 1.54) is 10.9 Å². The highest BCUT2D eigenvalue weighted by Crippen LogP contribution is 2.20. The summed E-state index contributed by atoms with van der Waals surface area (Å²) in [5, 5.41) is 4.08. The molecule has 3 aromatic rings. The first kappa shape index (κ1) is 14.2. The fourth-order valence-corrected chi connectivity index (χ4v) is 2.54. The summed E-state index contributed by atoms with van der Waals surface area (Å²) in [4.78, 5) is 15.3. The van der Waals surface area contributed by atoms with Crippen LogP contribution in [0.4, 0.5) is 5.69 Å². The number of amides is 1. The van der Waals surface area contributed by atoms with Crippen LogP contribution in [0, 0.1) is 0 Å². The number of aryl methyl sites for hydroxylation is 1. The molecule has 112 valence electrons. The molecule has 0 aliphatic carbocycles. The maximum Gasteiger partial charge on any atom is 0.224 e. The number of fused-ring (bicyclic) bond motifs is 1. The number of nitrogens with one attached hydrogen (secondary N) is 2. The summed E-state index contributed by atoms with van der Waals surface area (Å²) in [6.45, 7) is 0. The Morgan fingerprint density at radius 3 is 2.91 bits per heavy atom. The summed E-state index contributed by atoms with van der Waals surface area (Å²) in [5.74, 6) is 0.732. The highest BCUT2D eigenvalue weighted by molar-refractivity contribution is 5.91. The molecule has 3 rings (SSSR count). The molecule has 0 saturated heterocycles. The first-order valence-corrected chi connectivity index (χ1v) is 7.25. The fraction of sp³-hybridized carbons (Fsp3) is 0.167. The molecule has 4 nitrogen and oxygen atoms in total. The van der Waals surface area contributed by atoms with Crippen molar-refractivity contribution in [3.05, 3.63) is 60.3 Å². The molecule has 0 atom stereocenters. The molecule has 0 radical (unpaired) electrons. The van der Waals surface area contributed by atoms with Gasteiger partial charge in [0.2, 0.25) is 5.91 Å². The summed E-state index contributed by atoms with van der Waals surface area (Å²) >= 11 is 0. The number of hydrogen-bond acceptors (Lipinski definition) is 2. The normalized spacial score (nSPS) is 10.6. The minimum Gasteiger partial charge on any atom is -0.497 e. The maximum atomic E-state index is 12.1. The summed E-state index contributed by atoms with van der Waals surface area (Å²) in [6.07, 6.45) is 3.08. The van der Waals surface area contributed by atoms with Crippen LogP contribution in [0.1, 0.15) is 12.0 Å². The first-order valence-electron chi connectivity index (χ1n) is 7.25. The van der Waals surface area contributed by atoms with Crippen molar-refractivity contribution in [2.24, 2.45) is 0 Å². The number of benzene rings is 2. The van der Waals surface area contributed by atoms with E-state index in [9.17, 15) is 4.79 Å². The Bertz CT molecular complexity index is 792. The zero-order valence-electron chi connectivity index (χ0n) is 12.4. The fourth-order valence-electron chi connectivity index (χ4n) is 2.54. The summed E-state index contributed by atoms with van der Waals surface area (Å²) < 4.78 is 5.15. The molecule has 0 fully saturated rings. The number of carbonyl (C=O) groups excluding carboxylic acids is 1. The van der Waals surface area contributed by atoms with Crippen LogP contribution < -0.4 is 10.1 Å². The van der Waals surface area contributed by atoms with Gasteiger partial charge in [-0.15, -0.1) is 0 Å². The number of anilines is 1. The van der Waals surface area contributed by atoms with Crippen LogP contribution in [-0.4, -0.2) is 18.0 Å². The molecule has 0 saturated carbocycles. The molecule has 0 unspecified atom stereocenters. The van der Waals surface area contributed by atoms with Crippen LogP contribution >= 0.6 is 0 Å². The van der Waals surface area contributed by atoms with Crippen molar-refractivity contribution in [2.75, 3.05) is 12.4 Å². The molecule has 0 bridgehead atoms. The highest BCUT2D eigenvalue weighted by atomic mass is 16.5. The molecule has 0 aliphatic rings. The van der Waals surface area contributed by atoms with Crippen LogP contribution in [0.2, 0.25) is 0 Å². The van der Waals surface area contributed by atoms with Crippen molar-refractivity contribution >= 4 is 22.5 Å². The van der Waals surface area contributed by atoms with Gasteiger partial charge >= 0.3 is 0 Å². The van der Waals surface area contributed by atoms with Gasteiger partial charge in [0.1, 0.15) is 5.75 Å². The monoisotopic (exact) mass is 294 g/mol. The minimum atomic E-state index is 0.000733. The predicted octanol–water partition coefficient (Wildman–Crippen LogP) is 3.75. The Balaban J connectivity index is 1.63. The number of methoxy groups -OCH3 is 1. The molecular weight excluding hydrogens is 276 g/mol. The second-order valence-electron chi connectivity index (χ2n) is 5.14. The van der Waals surface area contributed by atoms with Crippen LogP contribution in [0.3, 0.4) is 0 Å². The van der Waals surface area contributed by atoms with Gasteiger partial charge < -0.3 is 15.0 Å². The Kier molecular flexibility index (Phi) is 4.10. The number of ether oxygens (including phenoxy) is 1. The van der Waals surface area contributed by atoms with Gasteiger partial charge in [-0.25, -0.2) is 0 Å². The van der Waals surface area contributed by atoms with Crippen molar-refractivity contribution in [3.8, 4) is 5.75 Å². The largest absolute Gasteiger partial charge is 0.497 e. The smallest absolute Gasteiger partial charge is 0.224 e. The van der Waals surface area contributed by atoms with Gasteiger partial charge in [0.05, 0.1) is 7.11 Å². The van der Waals surface area contributed by atoms with Gasteiger partial charge in [-0.3, -0.25) is 4.79 Å². The van der Waals surface area contributed by atoms with E-state index in [0.29, 0.717) is 12.8 Å². The molecule has 22 heavy (non-hydrogen) atoms. The highest BCUT2D eigenvalue weighted by Gasteiger charge is 2.06. The standard InChI is InChI=1S/C18H18N2O2/c1-22-15-6-3-5-14(12-15)20-18(21)9-8-13-4-2-7-17-16(13)10-11-19-17/h2-7,10-12,19H,8-9H2,1H3,(H,20,21). The lowest BCUT2D eigenvalue weighted by molar-refractivity contribution is -0.116. The Morgan fingerprint density at radius 1 is 1.18 bits per heavy atom.